The Balaban J connectivity index is 1.85. The van der Waals surface area contributed by atoms with Gasteiger partial charge in [-0.1, -0.05) is 5.16 Å². The van der Waals surface area contributed by atoms with E-state index in [1.807, 2.05) is 0 Å². The third kappa shape index (κ3) is 2.66. The summed E-state index contributed by atoms with van der Waals surface area (Å²) >= 11 is 0. The summed E-state index contributed by atoms with van der Waals surface area (Å²) in [5.74, 6) is 0.345. The van der Waals surface area contributed by atoms with Gasteiger partial charge in [0.25, 0.3) is 5.91 Å². The van der Waals surface area contributed by atoms with Crippen molar-refractivity contribution in [1.29, 1.82) is 0 Å². The molecule has 23 heavy (non-hydrogen) atoms. The van der Waals surface area contributed by atoms with Crippen molar-refractivity contribution in [2.75, 3.05) is 6.54 Å². The number of aryl methyl sites for hydroxylation is 2. The Hall–Kier alpha value is -2.80. The highest BCUT2D eigenvalue weighted by Crippen LogP contribution is 2.30. The molecule has 0 fully saturated rings. The Morgan fingerprint density at radius 2 is 2.17 bits per heavy atom. The van der Waals surface area contributed by atoms with Crippen LogP contribution >= 0.6 is 0 Å². The monoisotopic (exact) mass is 316 g/mol. The zero-order valence-electron chi connectivity index (χ0n) is 12.7. The van der Waals surface area contributed by atoms with Gasteiger partial charge in [0.2, 0.25) is 0 Å². The number of aliphatic hydroxyl groups is 1. The second-order valence-corrected chi connectivity index (χ2v) is 5.23. The van der Waals surface area contributed by atoms with E-state index in [1.54, 1.807) is 32.0 Å². The molecule has 0 spiro atoms. The molecular formula is C16H16N2O5. The molecule has 0 aliphatic rings. The fourth-order valence-corrected chi connectivity index (χ4v) is 2.45. The van der Waals surface area contributed by atoms with Crippen LogP contribution in [0.3, 0.4) is 0 Å². The minimum Gasteiger partial charge on any atom is -0.472 e. The SMILES string of the molecule is Cc1noc(C)c1C(=O)NC[C@@](O)(c1ccoc1)c1ccco1. The zero-order valence-corrected chi connectivity index (χ0v) is 12.7. The highest BCUT2D eigenvalue weighted by molar-refractivity contribution is 5.96. The maximum absolute atomic E-state index is 12.4. The van der Waals surface area contributed by atoms with Gasteiger partial charge in [-0.15, -0.1) is 0 Å². The van der Waals surface area contributed by atoms with Gasteiger partial charge >= 0.3 is 0 Å². The van der Waals surface area contributed by atoms with E-state index in [1.165, 1.54) is 18.8 Å². The summed E-state index contributed by atoms with van der Waals surface area (Å²) in [6, 6.07) is 4.91. The van der Waals surface area contributed by atoms with Crippen LogP contribution in [0.25, 0.3) is 0 Å². The fraction of sp³-hybridized carbons (Fsp3) is 0.250. The molecular weight excluding hydrogens is 300 g/mol. The van der Waals surface area contributed by atoms with E-state index in [2.05, 4.69) is 10.5 Å². The lowest BCUT2D eigenvalue weighted by molar-refractivity contribution is 0.0519. The molecule has 0 saturated heterocycles. The molecule has 0 saturated carbocycles. The maximum atomic E-state index is 12.4. The highest BCUT2D eigenvalue weighted by Gasteiger charge is 2.36. The number of nitrogens with zero attached hydrogens (tertiary/aromatic N) is 1. The van der Waals surface area contributed by atoms with Crippen molar-refractivity contribution in [3.8, 4) is 0 Å². The third-order valence-electron chi connectivity index (χ3n) is 3.69. The number of hydrogen-bond donors (Lipinski definition) is 2. The quantitative estimate of drug-likeness (QED) is 0.748. The van der Waals surface area contributed by atoms with Gasteiger partial charge in [0.05, 0.1) is 31.0 Å². The number of carbonyl (C=O) groups excluding carboxylic acids is 1. The second kappa shape index (κ2) is 5.77. The number of furan rings is 2. The van der Waals surface area contributed by atoms with Crippen LogP contribution in [0, 0.1) is 13.8 Å². The Bertz CT molecular complexity index is 733. The van der Waals surface area contributed by atoms with Gasteiger partial charge < -0.3 is 23.8 Å². The summed E-state index contributed by atoms with van der Waals surface area (Å²) in [7, 11) is 0. The summed E-state index contributed by atoms with van der Waals surface area (Å²) in [6.45, 7) is 3.24. The highest BCUT2D eigenvalue weighted by atomic mass is 16.5. The van der Waals surface area contributed by atoms with Crippen molar-refractivity contribution >= 4 is 5.91 Å². The first-order chi connectivity index (χ1) is 11.0. The number of nitrogens with one attached hydrogen (secondary N) is 1. The Morgan fingerprint density at radius 3 is 2.74 bits per heavy atom. The van der Waals surface area contributed by atoms with Crippen LogP contribution in [0.5, 0.6) is 0 Å². The summed E-state index contributed by atoms with van der Waals surface area (Å²) in [4.78, 5) is 12.4. The summed E-state index contributed by atoms with van der Waals surface area (Å²) in [5, 5.41) is 17.5. The second-order valence-electron chi connectivity index (χ2n) is 5.23. The van der Waals surface area contributed by atoms with Crippen molar-refractivity contribution in [3.05, 3.63) is 65.3 Å². The molecule has 0 aromatic carbocycles. The standard InChI is InChI=1S/C16H16N2O5/c1-10-14(11(2)23-18-10)15(19)17-9-16(20,12-5-7-21-8-12)13-4-3-6-22-13/h3-8,20H,9H2,1-2H3,(H,17,19)/t16-/m1/s1. The average Bonchev–Trinajstić information content (AvgIpc) is 3.27. The van der Waals surface area contributed by atoms with Crippen LogP contribution in [0.15, 0.2) is 50.3 Å². The fourth-order valence-electron chi connectivity index (χ4n) is 2.45. The lowest BCUT2D eigenvalue weighted by Gasteiger charge is -2.25. The molecule has 3 heterocycles. The molecule has 120 valence electrons. The minimum atomic E-state index is -1.54. The van der Waals surface area contributed by atoms with Gasteiger partial charge in [-0.05, 0) is 32.0 Å². The minimum absolute atomic E-state index is 0.0943. The predicted octanol–water partition coefficient (Wildman–Crippen LogP) is 2.14. The van der Waals surface area contributed by atoms with E-state index < -0.39 is 5.60 Å². The van der Waals surface area contributed by atoms with Crippen molar-refractivity contribution in [2.45, 2.75) is 19.4 Å². The van der Waals surface area contributed by atoms with Gasteiger partial charge in [-0.3, -0.25) is 4.79 Å². The van der Waals surface area contributed by atoms with Crippen LogP contribution in [-0.4, -0.2) is 22.7 Å². The molecule has 2 N–H and O–H groups in total. The van der Waals surface area contributed by atoms with Crippen molar-refractivity contribution < 1.29 is 23.3 Å². The van der Waals surface area contributed by atoms with Gasteiger partial charge in [-0.2, -0.15) is 0 Å². The number of rotatable bonds is 5. The number of amides is 1. The Morgan fingerprint density at radius 1 is 1.35 bits per heavy atom. The summed E-state index contributed by atoms with van der Waals surface area (Å²) in [6.07, 6.45) is 4.31. The number of aromatic nitrogens is 1. The average molecular weight is 316 g/mol. The molecule has 0 unspecified atom stereocenters. The van der Waals surface area contributed by atoms with E-state index in [4.69, 9.17) is 13.4 Å². The number of hydrogen-bond acceptors (Lipinski definition) is 6. The molecule has 0 radical (unpaired) electrons. The first kappa shape index (κ1) is 15.1. The molecule has 1 atom stereocenters. The van der Waals surface area contributed by atoms with Crippen LogP contribution in [0.2, 0.25) is 0 Å². The molecule has 3 rings (SSSR count). The maximum Gasteiger partial charge on any atom is 0.256 e. The topological polar surface area (TPSA) is 102 Å². The first-order valence-electron chi connectivity index (χ1n) is 7.02. The first-order valence-corrected chi connectivity index (χ1v) is 7.02. The van der Waals surface area contributed by atoms with Gasteiger partial charge in [-0.25, -0.2) is 0 Å². The van der Waals surface area contributed by atoms with Crippen molar-refractivity contribution in [1.82, 2.24) is 10.5 Å². The van der Waals surface area contributed by atoms with Crippen molar-refractivity contribution in [3.63, 3.8) is 0 Å². The normalized spacial score (nSPS) is 13.7. The third-order valence-corrected chi connectivity index (χ3v) is 3.69. The van der Waals surface area contributed by atoms with E-state index >= 15 is 0 Å². The van der Waals surface area contributed by atoms with Crippen LogP contribution in [0.4, 0.5) is 0 Å². The van der Waals surface area contributed by atoms with Crippen LogP contribution in [-0.2, 0) is 5.60 Å². The molecule has 3 aromatic rings. The smallest absolute Gasteiger partial charge is 0.256 e. The van der Waals surface area contributed by atoms with E-state index in [0.717, 1.165) is 0 Å². The summed E-state index contributed by atoms with van der Waals surface area (Å²) in [5.41, 5.74) is -0.208. The molecule has 1 amide bonds. The molecule has 7 heteroatoms. The predicted molar refractivity (Wildman–Crippen MR) is 78.7 cm³/mol. The molecule has 3 aromatic heterocycles. The lowest BCUT2D eigenvalue weighted by atomic mass is 9.93. The van der Waals surface area contributed by atoms with Crippen LogP contribution < -0.4 is 5.32 Å². The van der Waals surface area contributed by atoms with Gasteiger partial charge in [0.1, 0.15) is 17.1 Å². The molecule has 0 aliphatic carbocycles. The zero-order chi connectivity index (χ0) is 16.4. The molecule has 0 bridgehead atoms. The molecule has 0 aliphatic heterocycles. The Kier molecular flexibility index (Phi) is 3.79. The van der Waals surface area contributed by atoms with Gasteiger partial charge in [0.15, 0.2) is 5.60 Å². The van der Waals surface area contributed by atoms with Crippen molar-refractivity contribution in [2.24, 2.45) is 0 Å². The number of carbonyl (C=O) groups is 1. The summed E-state index contributed by atoms with van der Waals surface area (Å²) < 4.78 is 15.3. The van der Waals surface area contributed by atoms with E-state index in [-0.39, 0.29) is 12.5 Å². The van der Waals surface area contributed by atoms with E-state index in [0.29, 0.717) is 28.3 Å². The van der Waals surface area contributed by atoms with Gasteiger partial charge in [0, 0.05) is 5.56 Å². The lowest BCUT2D eigenvalue weighted by Crippen LogP contribution is -2.41. The largest absolute Gasteiger partial charge is 0.472 e. The Labute approximate surface area is 131 Å². The van der Waals surface area contributed by atoms with E-state index in [9.17, 15) is 9.90 Å². The van der Waals surface area contributed by atoms with Crippen LogP contribution in [0.1, 0.15) is 33.1 Å². The molecule has 7 nitrogen and oxygen atoms in total.